The lowest BCUT2D eigenvalue weighted by molar-refractivity contribution is 0.687. The number of anilines is 2. The minimum Gasteiger partial charge on any atom is -0.344 e. The van der Waals surface area contributed by atoms with Gasteiger partial charge in [-0.25, -0.2) is 0 Å². The van der Waals surface area contributed by atoms with Gasteiger partial charge in [0.15, 0.2) is 0 Å². The van der Waals surface area contributed by atoms with E-state index in [0.717, 1.165) is 17.1 Å². The molecular formula is C18H21BrN2. The van der Waals surface area contributed by atoms with Crippen molar-refractivity contribution in [2.45, 2.75) is 32.4 Å². The van der Waals surface area contributed by atoms with Crippen molar-refractivity contribution in [3.8, 4) is 0 Å². The van der Waals surface area contributed by atoms with Crippen molar-refractivity contribution in [2.75, 3.05) is 11.9 Å². The zero-order chi connectivity index (χ0) is 14.8. The van der Waals surface area contributed by atoms with Gasteiger partial charge in [-0.1, -0.05) is 28.1 Å². The Kier molecular flexibility index (Phi) is 4.32. The average molecular weight is 345 g/mol. The molecule has 110 valence electrons. The first-order valence-corrected chi connectivity index (χ1v) is 8.25. The highest BCUT2D eigenvalue weighted by atomic mass is 79.9. The molecule has 0 radical (unpaired) electrons. The summed E-state index contributed by atoms with van der Waals surface area (Å²) in [4.78, 5) is 2.27. The standard InChI is InChI=1S/C18H21BrN2/c1-13-4-3-5-17(10-13)21(2)18-9-6-15(19)11-14(18)12-20-16-7-8-16/h3-6,9-11,16,20H,7-8,12H2,1-2H3. The normalized spacial score (nSPS) is 14.2. The van der Waals surface area contributed by atoms with Crippen LogP contribution in [-0.2, 0) is 6.54 Å². The fourth-order valence-corrected chi connectivity index (χ4v) is 2.95. The van der Waals surface area contributed by atoms with Gasteiger partial charge in [0.25, 0.3) is 0 Å². The molecule has 2 aromatic carbocycles. The summed E-state index contributed by atoms with van der Waals surface area (Å²) < 4.78 is 1.14. The molecular weight excluding hydrogens is 324 g/mol. The van der Waals surface area contributed by atoms with Gasteiger partial charge in [0.05, 0.1) is 0 Å². The summed E-state index contributed by atoms with van der Waals surface area (Å²) in [6.07, 6.45) is 2.63. The van der Waals surface area contributed by atoms with Crippen molar-refractivity contribution in [1.82, 2.24) is 5.32 Å². The van der Waals surface area contributed by atoms with Crippen molar-refractivity contribution in [2.24, 2.45) is 0 Å². The van der Waals surface area contributed by atoms with Crippen molar-refractivity contribution >= 4 is 27.3 Å². The highest BCUT2D eigenvalue weighted by Crippen LogP contribution is 2.30. The molecule has 0 heterocycles. The molecule has 3 heteroatoms. The van der Waals surface area contributed by atoms with Crippen LogP contribution < -0.4 is 10.2 Å². The lowest BCUT2D eigenvalue weighted by Gasteiger charge is -2.23. The molecule has 0 atom stereocenters. The quantitative estimate of drug-likeness (QED) is 0.839. The molecule has 0 spiro atoms. The number of rotatable bonds is 5. The SMILES string of the molecule is Cc1cccc(N(C)c2ccc(Br)cc2CNC2CC2)c1. The van der Waals surface area contributed by atoms with E-state index in [-0.39, 0.29) is 0 Å². The third kappa shape index (κ3) is 3.66. The zero-order valence-electron chi connectivity index (χ0n) is 12.6. The molecule has 1 aliphatic carbocycles. The van der Waals surface area contributed by atoms with Crippen LogP contribution in [0.2, 0.25) is 0 Å². The Morgan fingerprint density at radius 3 is 2.71 bits per heavy atom. The van der Waals surface area contributed by atoms with Gasteiger partial charge in [0, 0.05) is 35.5 Å². The molecule has 2 aromatic rings. The van der Waals surface area contributed by atoms with E-state index in [0.29, 0.717) is 0 Å². The fourth-order valence-electron chi connectivity index (χ4n) is 2.54. The maximum absolute atomic E-state index is 3.61. The topological polar surface area (TPSA) is 15.3 Å². The summed E-state index contributed by atoms with van der Waals surface area (Å²) in [6.45, 7) is 3.06. The number of aryl methyl sites for hydroxylation is 1. The Hall–Kier alpha value is -1.32. The number of nitrogens with one attached hydrogen (secondary N) is 1. The van der Waals surface area contributed by atoms with E-state index in [1.807, 2.05) is 0 Å². The molecule has 0 bridgehead atoms. The van der Waals surface area contributed by atoms with Crippen LogP contribution in [0.15, 0.2) is 46.9 Å². The molecule has 0 amide bonds. The van der Waals surface area contributed by atoms with Crippen molar-refractivity contribution in [3.05, 3.63) is 58.1 Å². The van der Waals surface area contributed by atoms with E-state index in [2.05, 4.69) is 82.6 Å². The van der Waals surface area contributed by atoms with E-state index in [9.17, 15) is 0 Å². The van der Waals surface area contributed by atoms with Gasteiger partial charge in [-0.2, -0.15) is 0 Å². The van der Waals surface area contributed by atoms with Crippen LogP contribution in [-0.4, -0.2) is 13.1 Å². The van der Waals surface area contributed by atoms with Crippen LogP contribution in [0, 0.1) is 6.92 Å². The maximum atomic E-state index is 3.61. The van der Waals surface area contributed by atoms with E-state index in [1.165, 1.54) is 35.3 Å². The third-order valence-corrected chi connectivity index (χ3v) is 4.44. The first-order valence-electron chi connectivity index (χ1n) is 7.46. The summed E-state index contributed by atoms with van der Waals surface area (Å²) >= 11 is 3.59. The Labute approximate surface area is 135 Å². The lowest BCUT2D eigenvalue weighted by Crippen LogP contribution is -2.19. The number of hydrogen-bond acceptors (Lipinski definition) is 2. The first-order chi connectivity index (χ1) is 10.1. The zero-order valence-corrected chi connectivity index (χ0v) is 14.2. The Morgan fingerprint density at radius 2 is 2.00 bits per heavy atom. The van der Waals surface area contributed by atoms with Crippen LogP contribution in [0.5, 0.6) is 0 Å². The van der Waals surface area contributed by atoms with Crippen LogP contribution in [0.4, 0.5) is 11.4 Å². The first kappa shape index (κ1) is 14.6. The molecule has 0 unspecified atom stereocenters. The smallest absolute Gasteiger partial charge is 0.0454 e. The van der Waals surface area contributed by atoms with Crippen LogP contribution in [0.3, 0.4) is 0 Å². The summed E-state index contributed by atoms with van der Waals surface area (Å²) in [7, 11) is 2.14. The van der Waals surface area contributed by atoms with E-state index < -0.39 is 0 Å². The second-order valence-corrected chi connectivity index (χ2v) is 6.74. The highest BCUT2D eigenvalue weighted by molar-refractivity contribution is 9.10. The summed E-state index contributed by atoms with van der Waals surface area (Å²) in [6, 6.07) is 15.9. The molecule has 1 saturated carbocycles. The maximum Gasteiger partial charge on any atom is 0.0454 e. The van der Waals surface area contributed by atoms with Crippen molar-refractivity contribution in [1.29, 1.82) is 0 Å². The molecule has 0 aromatic heterocycles. The second kappa shape index (κ2) is 6.20. The molecule has 3 rings (SSSR count). The van der Waals surface area contributed by atoms with Crippen LogP contribution in [0.25, 0.3) is 0 Å². The Balaban J connectivity index is 1.88. The van der Waals surface area contributed by atoms with Gasteiger partial charge in [-0.3, -0.25) is 0 Å². The number of hydrogen-bond donors (Lipinski definition) is 1. The highest BCUT2D eigenvalue weighted by Gasteiger charge is 2.21. The number of halogens is 1. The van der Waals surface area contributed by atoms with Gasteiger partial charge < -0.3 is 10.2 Å². The molecule has 21 heavy (non-hydrogen) atoms. The minimum absolute atomic E-state index is 0.723. The fraction of sp³-hybridized carbons (Fsp3) is 0.333. The second-order valence-electron chi connectivity index (χ2n) is 5.83. The predicted molar refractivity (Wildman–Crippen MR) is 93.2 cm³/mol. The van der Waals surface area contributed by atoms with Crippen LogP contribution in [0.1, 0.15) is 24.0 Å². The van der Waals surface area contributed by atoms with E-state index >= 15 is 0 Å². The van der Waals surface area contributed by atoms with Gasteiger partial charge in [0.1, 0.15) is 0 Å². The van der Waals surface area contributed by atoms with Gasteiger partial charge >= 0.3 is 0 Å². The largest absolute Gasteiger partial charge is 0.344 e. The predicted octanol–water partition coefficient (Wildman–Crippen LogP) is 4.78. The third-order valence-electron chi connectivity index (χ3n) is 3.95. The molecule has 1 fully saturated rings. The Bertz CT molecular complexity index is 635. The van der Waals surface area contributed by atoms with E-state index in [4.69, 9.17) is 0 Å². The Morgan fingerprint density at radius 1 is 1.19 bits per heavy atom. The lowest BCUT2D eigenvalue weighted by atomic mass is 10.1. The molecule has 2 nitrogen and oxygen atoms in total. The molecule has 1 N–H and O–H groups in total. The van der Waals surface area contributed by atoms with Crippen molar-refractivity contribution < 1.29 is 0 Å². The number of benzene rings is 2. The monoisotopic (exact) mass is 344 g/mol. The van der Waals surface area contributed by atoms with Gasteiger partial charge in [0.2, 0.25) is 0 Å². The minimum atomic E-state index is 0.723. The molecule has 0 saturated heterocycles. The van der Waals surface area contributed by atoms with Crippen molar-refractivity contribution in [3.63, 3.8) is 0 Å². The summed E-state index contributed by atoms with van der Waals surface area (Å²) in [5.41, 5.74) is 5.11. The average Bonchev–Trinajstić information content (AvgIpc) is 3.29. The summed E-state index contributed by atoms with van der Waals surface area (Å²) in [5, 5.41) is 3.61. The van der Waals surface area contributed by atoms with E-state index in [1.54, 1.807) is 0 Å². The van der Waals surface area contributed by atoms with Gasteiger partial charge in [-0.05, 0) is 61.2 Å². The van der Waals surface area contributed by atoms with Crippen LogP contribution >= 0.6 is 15.9 Å². The summed E-state index contributed by atoms with van der Waals surface area (Å²) in [5.74, 6) is 0. The molecule has 1 aliphatic rings. The molecule has 0 aliphatic heterocycles. The number of nitrogens with zero attached hydrogens (tertiary/aromatic N) is 1. The van der Waals surface area contributed by atoms with Gasteiger partial charge in [-0.15, -0.1) is 0 Å².